The van der Waals surface area contributed by atoms with E-state index in [0.29, 0.717) is 6.54 Å². The van der Waals surface area contributed by atoms with Gasteiger partial charge in [-0.05, 0) is 19.1 Å². The van der Waals surface area contributed by atoms with Gasteiger partial charge < -0.3 is 10.6 Å². The van der Waals surface area contributed by atoms with Crippen molar-refractivity contribution in [2.24, 2.45) is 0 Å². The van der Waals surface area contributed by atoms with Crippen molar-refractivity contribution in [3.05, 3.63) is 30.3 Å². The van der Waals surface area contributed by atoms with Gasteiger partial charge in [0.2, 0.25) is 11.8 Å². The van der Waals surface area contributed by atoms with Crippen molar-refractivity contribution in [2.75, 3.05) is 18.8 Å². The number of nitrogens with one attached hydrogen (secondary N) is 2. The molecule has 0 bridgehead atoms. The molecule has 0 heterocycles. The summed E-state index contributed by atoms with van der Waals surface area (Å²) in [6.45, 7) is 2.11. The lowest BCUT2D eigenvalue weighted by atomic mass is 10.4. The molecule has 0 spiro atoms. The fourth-order valence-electron chi connectivity index (χ4n) is 1.50. The summed E-state index contributed by atoms with van der Waals surface area (Å²) in [7, 11) is -3.47. The zero-order chi connectivity index (χ0) is 15.0. The topological polar surface area (TPSA) is 92.3 Å². The van der Waals surface area contributed by atoms with Crippen molar-refractivity contribution in [2.45, 2.75) is 18.2 Å². The van der Waals surface area contributed by atoms with Crippen molar-refractivity contribution in [3.63, 3.8) is 0 Å². The van der Waals surface area contributed by atoms with Crippen LogP contribution >= 0.6 is 0 Å². The first-order valence-corrected chi connectivity index (χ1v) is 7.92. The molecule has 0 saturated heterocycles. The van der Waals surface area contributed by atoms with Crippen LogP contribution in [0.15, 0.2) is 35.2 Å². The van der Waals surface area contributed by atoms with Crippen LogP contribution in [-0.2, 0) is 19.4 Å². The maximum Gasteiger partial charge on any atom is 0.239 e. The molecular formula is C13H18N2O4S. The molecule has 0 unspecified atom stereocenters. The van der Waals surface area contributed by atoms with Crippen LogP contribution in [0.1, 0.15) is 13.3 Å². The van der Waals surface area contributed by atoms with Gasteiger partial charge in [0.15, 0.2) is 9.84 Å². The number of likely N-dealkylation sites (N-methyl/N-ethyl adjacent to an activating group) is 1. The second kappa shape index (κ2) is 7.64. The number of carbonyl (C=O) groups excluding carboxylic acids is 2. The van der Waals surface area contributed by atoms with E-state index < -0.39 is 15.7 Å². The summed E-state index contributed by atoms with van der Waals surface area (Å²) in [5.41, 5.74) is 0. The minimum absolute atomic E-state index is 0.141. The highest BCUT2D eigenvalue weighted by Crippen LogP contribution is 2.10. The Balaban J connectivity index is 2.43. The molecule has 1 aromatic carbocycles. The summed E-state index contributed by atoms with van der Waals surface area (Å²) >= 11 is 0. The molecule has 0 fully saturated rings. The Morgan fingerprint density at radius 2 is 1.70 bits per heavy atom. The second-order valence-electron chi connectivity index (χ2n) is 4.11. The van der Waals surface area contributed by atoms with Crippen LogP contribution in [0.25, 0.3) is 0 Å². The van der Waals surface area contributed by atoms with Crippen LogP contribution in [0.4, 0.5) is 0 Å². The fraction of sp³-hybridized carbons (Fsp3) is 0.385. The average Bonchev–Trinajstić information content (AvgIpc) is 2.44. The lowest BCUT2D eigenvalue weighted by molar-refractivity contribution is -0.125. The van der Waals surface area contributed by atoms with Crippen molar-refractivity contribution in [1.29, 1.82) is 0 Å². The normalized spacial score (nSPS) is 10.8. The Morgan fingerprint density at radius 3 is 2.30 bits per heavy atom. The summed E-state index contributed by atoms with van der Waals surface area (Å²) in [5, 5.41) is 4.90. The van der Waals surface area contributed by atoms with Gasteiger partial charge in [-0.15, -0.1) is 0 Å². The number of rotatable bonds is 7. The first kappa shape index (κ1) is 16.2. The smallest absolute Gasteiger partial charge is 0.239 e. The van der Waals surface area contributed by atoms with Gasteiger partial charge in [0.05, 0.1) is 17.2 Å². The van der Waals surface area contributed by atoms with E-state index in [0.717, 1.165) is 0 Å². The van der Waals surface area contributed by atoms with E-state index >= 15 is 0 Å². The fourth-order valence-corrected chi connectivity index (χ4v) is 2.76. The van der Waals surface area contributed by atoms with Crippen LogP contribution in [0, 0.1) is 0 Å². The largest absolute Gasteiger partial charge is 0.355 e. The highest BCUT2D eigenvalue weighted by Gasteiger charge is 2.16. The van der Waals surface area contributed by atoms with Crippen LogP contribution < -0.4 is 10.6 Å². The summed E-state index contributed by atoms with van der Waals surface area (Å²) in [6, 6.07) is 7.95. The number of sulfone groups is 1. The molecule has 1 rings (SSSR count). The third-order valence-electron chi connectivity index (χ3n) is 2.52. The molecule has 0 aromatic heterocycles. The first-order chi connectivity index (χ1) is 9.45. The summed E-state index contributed by atoms with van der Waals surface area (Å²) in [4.78, 5) is 22.8. The molecular weight excluding hydrogens is 280 g/mol. The standard InChI is InChI=1S/C13H18N2O4S/c1-2-14-13(17)10-15-12(16)8-9-20(18,19)11-6-4-3-5-7-11/h3-7H,2,8-10H2,1H3,(H,14,17)(H,15,16). The molecule has 110 valence electrons. The number of amides is 2. The molecule has 0 radical (unpaired) electrons. The molecule has 0 aliphatic carbocycles. The van der Waals surface area contributed by atoms with Crippen molar-refractivity contribution in [3.8, 4) is 0 Å². The van der Waals surface area contributed by atoms with Gasteiger partial charge in [-0.2, -0.15) is 0 Å². The van der Waals surface area contributed by atoms with E-state index in [4.69, 9.17) is 0 Å². The molecule has 2 N–H and O–H groups in total. The minimum atomic E-state index is -3.47. The van der Waals surface area contributed by atoms with Crippen LogP contribution in [0.5, 0.6) is 0 Å². The monoisotopic (exact) mass is 298 g/mol. The van der Waals surface area contributed by atoms with Crippen molar-refractivity contribution in [1.82, 2.24) is 10.6 Å². The Labute approximate surface area is 118 Å². The third-order valence-corrected chi connectivity index (χ3v) is 4.25. The molecule has 0 atom stereocenters. The number of hydrogen-bond donors (Lipinski definition) is 2. The highest BCUT2D eigenvalue weighted by atomic mass is 32.2. The number of carbonyl (C=O) groups is 2. The lowest BCUT2D eigenvalue weighted by Crippen LogP contribution is -2.37. The number of hydrogen-bond acceptors (Lipinski definition) is 4. The van der Waals surface area contributed by atoms with Gasteiger partial charge in [-0.3, -0.25) is 9.59 Å². The van der Waals surface area contributed by atoms with Crippen molar-refractivity contribution >= 4 is 21.7 Å². The van der Waals surface area contributed by atoms with Crippen LogP contribution in [-0.4, -0.2) is 39.1 Å². The maximum atomic E-state index is 11.9. The van der Waals surface area contributed by atoms with Gasteiger partial charge in [-0.25, -0.2) is 8.42 Å². The Bertz CT molecular complexity index is 555. The predicted octanol–water partition coefficient (Wildman–Crippen LogP) is 0.103. The zero-order valence-electron chi connectivity index (χ0n) is 11.3. The van der Waals surface area contributed by atoms with E-state index in [1.807, 2.05) is 0 Å². The van der Waals surface area contributed by atoms with Gasteiger partial charge in [-0.1, -0.05) is 18.2 Å². The Morgan fingerprint density at radius 1 is 1.05 bits per heavy atom. The van der Waals surface area contributed by atoms with Crippen LogP contribution in [0.3, 0.4) is 0 Å². The molecule has 7 heteroatoms. The molecule has 1 aromatic rings. The van der Waals surface area contributed by atoms with Crippen LogP contribution in [0.2, 0.25) is 0 Å². The van der Waals surface area contributed by atoms with E-state index in [2.05, 4.69) is 10.6 Å². The molecule has 20 heavy (non-hydrogen) atoms. The van der Waals surface area contributed by atoms with Gasteiger partial charge in [0.25, 0.3) is 0 Å². The SMILES string of the molecule is CCNC(=O)CNC(=O)CCS(=O)(=O)c1ccccc1. The second-order valence-corrected chi connectivity index (χ2v) is 6.22. The lowest BCUT2D eigenvalue weighted by Gasteiger charge is -2.06. The van der Waals surface area contributed by atoms with Gasteiger partial charge in [0, 0.05) is 13.0 Å². The van der Waals surface area contributed by atoms with Gasteiger partial charge >= 0.3 is 0 Å². The average molecular weight is 298 g/mol. The molecule has 0 saturated carbocycles. The van der Waals surface area contributed by atoms with E-state index in [1.54, 1.807) is 25.1 Å². The molecule has 6 nitrogen and oxygen atoms in total. The molecule has 0 aliphatic heterocycles. The van der Waals surface area contributed by atoms with E-state index in [1.165, 1.54) is 12.1 Å². The quantitative estimate of drug-likeness (QED) is 0.747. The Kier molecular flexibility index (Phi) is 6.17. The summed E-state index contributed by atoms with van der Waals surface area (Å²) in [6.07, 6.45) is -0.170. The third kappa shape index (κ3) is 5.40. The van der Waals surface area contributed by atoms with E-state index in [-0.39, 0.29) is 29.5 Å². The summed E-state index contributed by atoms with van der Waals surface area (Å²) < 4.78 is 23.8. The Hall–Kier alpha value is -1.89. The van der Waals surface area contributed by atoms with Crippen molar-refractivity contribution < 1.29 is 18.0 Å². The zero-order valence-corrected chi connectivity index (χ0v) is 12.1. The predicted molar refractivity (Wildman–Crippen MR) is 74.8 cm³/mol. The molecule has 2 amide bonds. The first-order valence-electron chi connectivity index (χ1n) is 6.27. The highest BCUT2D eigenvalue weighted by molar-refractivity contribution is 7.91. The number of benzene rings is 1. The minimum Gasteiger partial charge on any atom is -0.355 e. The van der Waals surface area contributed by atoms with Gasteiger partial charge in [0.1, 0.15) is 0 Å². The van der Waals surface area contributed by atoms with E-state index in [9.17, 15) is 18.0 Å². The maximum absolute atomic E-state index is 11.9. The summed E-state index contributed by atoms with van der Waals surface area (Å²) in [5.74, 6) is -1.04. The molecule has 0 aliphatic rings.